The minimum atomic E-state index is -4.36. The number of aromatic carboxylic acids is 1. The molecule has 3 rings (SSSR count). The lowest BCUT2D eigenvalue weighted by Crippen LogP contribution is -2.44. The summed E-state index contributed by atoms with van der Waals surface area (Å²) in [6, 6.07) is 11.5. The number of alkyl halides is 3. The summed E-state index contributed by atoms with van der Waals surface area (Å²) in [7, 11) is 0. The molecule has 4 nitrogen and oxygen atoms in total. The quantitative estimate of drug-likeness (QED) is 0.838. The van der Waals surface area contributed by atoms with E-state index in [4.69, 9.17) is 5.11 Å². The SMILES string of the molecule is O=C(O)c1ccc(N2CC(c3ccc(C(F)(F)F)cc3)CCC2CO)cc1. The number of carboxylic acid groups (broad SMARTS) is 1. The highest BCUT2D eigenvalue weighted by atomic mass is 19.4. The smallest absolute Gasteiger partial charge is 0.416 e. The van der Waals surface area contributed by atoms with Crippen LogP contribution < -0.4 is 4.90 Å². The molecule has 0 spiro atoms. The maximum Gasteiger partial charge on any atom is 0.416 e. The van der Waals surface area contributed by atoms with E-state index in [0.717, 1.165) is 29.8 Å². The first-order valence-electron chi connectivity index (χ1n) is 8.67. The van der Waals surface area contributed by atoms with Crippen LogP contribution in [0, 0.1) is 0 Å². The van der Waals surface area contributed by atoms with Gasteiger partial charge in [0.1, 0.15) is 0 Å². The molecule has 144 valence electrons. The predicted octanol–water partition coefficient (Wildman–Crippen LogP) is 4.15. The van der Waals surface area contributed by atoms with Crippen LogP contribution in [0.3, 0.4) is 0 Å². The fourth-order valence-corrected chi connectivity index (χ4v) is 3.55. The zero-order valence-corrected chi connectivity index (χ0v) is 14.5. The van der Waals surface area contributed by atoms with Gasteiger partial charge in [-0.25, -0.2) is 4.79 Å². The van der Waals surface area contributed by atoms with E-state index in [0.29, 0.717) is 13.0 Å². The van der Waals surface area contributed by atoms with E-state index in [1.165, 1.54) is 24.3 Å². The zero-order valence-electron chi connectivity index (χ0n) is 14.5. The summed E-state index contributed by atoms with van der Waals surface area (Å²) in [5, 5.41) is 18.7. The Balaban J connectivity index is 1.81. The molecule has 2 aromatic rings. The van der Waals surface area contributed by atoms with Crippen molar-refractivity contribution in [1.29, 1.82) is 0 Å². The standard InChI is InChI=1S/C20H20F3NO3/c21-20(22,23)16-6-1-13(2-7-16)15-5-10-18(12-25)24(11-15)17-8-3-14(4-9-17)19(26)27/h1-4,6-9,15,18,25H,5,10-12H2,(H,26,27). The Bertz CT molecular complexity index is 788. The number of rotatable bonds is 4. The van der Waals surface area contributed by atoms with Crippen molar-refractivity contribution in [1.82, 2.24) is 0 Å². The molecule has 2 aromatic carbocycles. The number of hydrogen-bond acceptors (Lipinski definition) is 3. The van der Waals surface area contributed by atoms with Crippen molar-refractivity contribution in [3.63, 3.8) is 0 Å². The van der Waals surface area contributed by atoms with Gasteiger partial charge in [0.05, 0.1) is 23.8 Å². The maximum absolute atomic E-state index is 12.8. The van der Waals surface area contributed by atoms with Gasteiger partial charge in [0.15, 0.2) is 0 Å². The van der Waals surface area contributed by atoms with Crippen molar-refractivity contribution < 1.29 is 28.2 Å². The Hall–Kier alpha value is -2.54. The van der Waals surface area contributed by atoms with Crippen LogP contribution in [0.1, 0.15) is 40.2 Å². The second-order valence-electron chi connectivity index (χ2n) is 6.73. The number of aliphatic hydroxyl groups is 1. The highest BCUT2D eigenvalue weighted by molar-refractivity contribution is 5.88. The summed E-state index contributed by atoms with van der Waals surface area (Å²) in [5.74, 6) is -0.976. The molecule has 1 saturated heterocycles. The van der Waals surface area contributed by atoms with Crippen LogP contribution in [0.5, 0.6) is 0 Å². The molecule has 2 atom stereocenters. The van der Waals surface area contributed by atoms with Gasteiger partial charge >= 0.3 is 12.1 Å². The van der Waals surface area contributed by atoms with Gasteiger partial charge in [-0.2, -0.15) is 13.2 Å². The highest BCUT2D eigenvalue weighted by Crippen LogP contribution is 2.35. The van der Waals surface area contributed by atoms with Gasteiger partial charge < -0.3 is 15.1 Å². The first-order valence-corrected chi connectivity index (χ1v) is 8.67. The summed E-state index contributed by atoms with van der Waals surface area (Å²) in [6.45, 7) is 0.503. The van der Waals surface area contributed by atoms with E-state index in [1.807, 2.05) is 4.90 Å². The van der Waals surface area contributed by atoms with Crippen molar-refractivity contribution in [3.8, 4) is 0 Å². The van der Waals surface area contributed by atoms with Crippen LogP contribution in [0.4, 0.5) is 18.9 Å². The molecule has 1 heterocycles. The lowest BCUT2D eigenvalue weighted by molar-refractivity contribution is -0.137. The third-order valence-corrected chi connectivity index (χ3v) is 5.07. The number of benzene rings is 2. The fraction of sp³-hybridized carbons (Fsp3) is 0.350. The fourth-order valence-electron chi connectivity index (χ4n) is 3.55. The van der Waals surface area contributed by atoms with Crippen LogP contribution >= 0.6 is 0 Å². The summed E-state index contributed by atoms with van der Waals surface area (Å²) in [4.78, 5) is 13.0. The number of halogens is 3. The third-order valence-electron chi connectivity index (χ3n) is 5.07. The van der Waals surface area contributed by atoms with Gasteiger partial charge in [0.2, 0.25) is 0 Å². The third kappa shape index (κ3) is 4.24. The average Bonchev–Trinajstić information content (AvgIpc) is 2.67. The molecule has 2 N–H and O–H groups in total. The number of hydrogen-bond donors (Lipinski definition) is 2. The lowest BCUT2D eigenvalue weighted by Gasteiger charge is -2.41. The first-order chi connectivity index (χ1) is 12.8. The second kappa shape index (κ2) is 7.60. The Labute approximate surface area is 154 Å². The minimum absolute atomic E-state index is 0.0363. The molecule has 0 aromatic heterocycles. The molecule has 0 radical (unpaired) electrons. The van der Waals surface area contributed by atoms with Crippen LogP contribution in [0.15, 0.2) is 48.5 Å². The van der Waals surface area contributed by atoms with E-state index >= 15 is 0 Å². The van der Waals surface area contributed by atoms with Gasteiger partial charge in [-0.1, -0.05) is 12.1 Å². The monoisotopic (exact) mass is 379 g/mol. The zero-order chi connectivity index (χ0) is 19.6. The Morgan fingerprint density at radius 1 is 1.04 bits per heavy atom. The van der Waals surface area contributed by atoms with E-state index in [-0.39, 0.29) is 24.1 Å². The Morgan fingerprint density at radius 3 is 2.19 bits per heavy atom. The van der Waals surface area contributed by atoms with Gasteiger partial charge in [0.25, 0.3) is 0 Å². The second-order valence-corrected chi connectivity index (χ2v) is 6.73. The Kier molecular flexibility index (Phi) is 5.41. The normalized spacial score (nSPS) is 20.5. The molecule has 0 bridgehead atoms. The van der Waals surface area contributed by atoms with Crippen LogP contribution in [-0.4, -0.2) is 35.4 Å². The number of anilines is 1. The molecule has 7 heteroatoms. The van der Waals surface area contributed by atoms with Crippen LogP contribution in [0.25, 0.3) is 0 Å². The largest absolute Gasteiger partial charge is 0.478 e. The van der Waals surface area contributed by atoms with Crippen molar-refractivity contribution in [2.75, 3.05) is 18.1 Å². The summed E-state index contributed by atoms with van der Waals surface area (Å²) < 4.78 is 38.3. The van der Waals surface area contributed by atoms with E-state index < -0.39 is 17.7 Å². The van der Waals surface area contributed by atoms with Gasteiger partial charge in [-0.05, 0) is 54.8 Å². The summed E-state index contributed by atoms with van der Waals surface area (Å²) in [6.07, 6.45) is -2.89. The van der Waals surface area contributed by atoms with E-state index in [2.05, 4.69) is 0 Å². The number of piperidine rings is 1. The average molecular weight is 379 g/mol. The van der Waals surface area contributed by atoms with Crippen LogP contribution in [0.2, 0.25) is 0 Å². The number of carbonyl (C=O) groups is 1. The Morgan fingerprint density at radius 2 is 1.67 bits per heavy atom. The summed E-state index contributed by atoms with van der Waals surface area (Å²) in [5.41, 5.74) is 1.12. The van der Waals surface area contributed by atoms with E-state index in [1.54, 1.807) is 12.1 Å². The van der Waals surface area contributed by atoms with Crippen LogP contribution in [-0.2, 0) is 6.18 Å². The van der Waals surface area contributed by atoms with Gasteiger partial charge in [-0.3, -0.25) is 0 Å². The van der Waals surface area contributed by atoms with Gasteiger partial charge in [0, 0.05) is 18.2 Å². The topological polar surface area (TPSA) is 60.8 Å². The predicted molar refractivity (Wildman–Crippen MR) is 95.0 cm³/mol. The van der Waals surface area contributed by atoms with Crippen molar-refractivity contribution >= 4 is 11.7 Å². The lowest BCUT2D eigenvalue weighted by atomic mass is 9.86. The molecule has 27 heavy (non-hydrogen) atoms. The summed E-state index contributed by atoms with van der Waals surface area (Å²) >= 11 is 0. The number of aliphatic hydroxyl groups excluding tert-OH is 1. The van der Waals surface area contributed by atoms with Crippen molar-refractivity contribution in [2.24, 2.45) is 0 Å². The van der Waals surface area contributed by atoms with Crippen molar-refractivity contribution in [2.45, 2.75) is 31.0 Å². The molecule has 1 aliphatic rings. The maximum atomic E-state index is 12.8. The molecule has 2 unspecified atom stereocenters. The minimum Gasteiger partial charge on any atom is -0.478 e. The highest BCUT2D eigenvalue weighted by Gasteiger charge is 2.32. The number of carboxylic acids is 1. The molecule has 1 aliphatic heterocycles. The number of nitrogens with zero attached hydrogens (tertiary/aromatic N) is 1. The van der Waals surface area contributed by atoms with Gasteiger partial charge in [-0.15, -0.1) is 0 Å². The molecule has 1 fully saturated rings. The molecule has 0 aliphatic carbocycles. The van der Waals surface area contributed by atoms with E-state index in [9.17, 15) is 23.1 Å². The molecular weight excluding hydrogens is 359 g/mol. The molecular formula is C20H20F3NO3. The molecule has 0 amide bonds. The first kappa shape index (κ1) is 19.2. The van der Waals surface area contributed by atoms with Crippen molar-refractivity contribution in [3.05, 3.63) is 65.2 Å². The molecule has 0 saturated carbocycles.